The van der Waals surface area contributed by atoms with E-state index in [4.69, 9.17) is 4.98 Å². The van der Waals surface area contributed by atoms with E-state index in [2.05, 4.69) is 42.4 Å². The molecule has 0 bridgehead atoms. The number of carbonyl (C=O) groups excluding carboxylic acids is 1. The number of aryl methyl sites for hydroxylation is 3. The van der Waals surface area contributed by atoms with Gasteiger partial charge in [-0.2, -0.15) is 5.26 Å². The Balaban J connectivity index is 1.61. The zero-order valence-corrected chi connectivity index (χ0v) is 19.4. The zero-order chi connectivity index (χ0) is 22.5. The van der Waals surface area contributed by atoms with Crippen LogP contribution in [0.2, 0.25) is 0 Å². The number of aromatic nitrogens is 2. The van der Waals surface area contributed by atoms with E-state index in [1.54, 1.807) is 0 Å². The topological polar surface area (TPSA) is 81.6 Å². The summed E-state index contributed by atoms with van der Waals surface area (Å²) in [5, 5.41) is 13.8. The molecule has 1 aromatic carbocycles. The smallest absolute Gasteiger partial charge is 0.234 e. The van der Waals surface area contributed by atoms with Crippen LogP contribution in [0.4, 0.5) is 5.69 Å². The largest absolute Gasteiger partial charge is 0.361 e. The summed E-state index contributed by atoms with van der Waals surface area (Å²) >= 11 is 1.35. The van der Waals surface area contributed by atoms with Gasteiger partial charge in [0.2, 0.25) is 5.91 Å². The van der Waals surface area contributed by atoms with Gasteiger partial charge in [-0.15, -0.1) is 0 Å². The van der Waals surface area contributed by atoms with E-state index < -0.39 is 0 Å². The number of nitrogens with zero attached hydrogens (tertiary/aromatic N) is 2. The fraction of sp³-hybridized carbons (Fsp3) is 0.346. The first-order valence-electron chi connectivity index (χ1n) is 11.3. The number of carbonyl (C=O) groups is 1. The minimum atomic E-state index is -0.0737. The highest BCUT2D eigenvalue weighted by molar-refractivity contribution is 8.00. The van der Waals surface area contributed by atoms with Crippen molar-refractivity contribution < 1.29 is 4.79 Å². The Bertz CT molecular complexity index is 1140. The number of para-hydroxylation sites is 1. The van der Waals surface area contributed by atoms with Crippen LogP contribution in [0.25, 0.3) is 11.3 Å². The monoisotopic (exact) mass is 444 g/mol. The van der Waals surface area contributed by atoms with Crippen LogP contribution in [0.15, 0.2) is 41.6 Å². The third kappa shape index (κ3) is 4.44. The maximum absolute atomic E-state index is 12.9. The predicted octanol–water partition coefficient (Wildman–Crippen LogP) is 5.68. The molecular formula is C26H28N4OS. The van der Waals surface area contributed by atoms with Crippen molar-refractivity contribution in [2.45, 2.75) is 57.4 Å². The lowest BCUT2D eigenvalue weighted by molar-refractivity contribution is -0.113. The Hall–Kier alpha value is -3.04. The summed E-state index contributed by atoms with van der Waals surface area (Å²) in [6, 6.07) is 12.5. The highest BCUT2D eigenvalue weighted by Crippen LogP contribution is 2.37. The lowest BCUT2D eigenvalue weighted by Gasteiger charge is -2.21. The summed E-state index contributed by atoms with van der Waals surface area (Å²) in [5.74, 6) is 0.140. The number of aromatic amines is 1. The van der Waals surface area contributed by atoms with Crippen LogP contribution in [-0.4, -0.2) is 21.6 Å². The van der Waals surface area contributed by atoms with Crippen molar-refractivity contribution in [2.75, 3.05) is 11.1 Å². The Morgan fingerprint density at radius 3 is 2.56 bits per heavy atom. The van der Waals surface area contributed by atoms with Gasteiger partial charge in [0.15, 0.2) is 0 Å². The van der Waals surface area contributed by atoms with Gasteiger partial charge in [0.25, 0.3) is 0 Å². The van der Waals surface area contributed by atoms with Crippen molar-refractivity contribution in [3.05, 3.63) is 64.5 Å². The van der Waals surface area contributed by atoms with Crippen LogP contribution >= 0.6 is 11.8 Å². The molecule has 0 saturated carbocycles. The number of benzene rings is 1. The van der Waals surface area contributed by atoms with Crippen LogP contribution in [-0.2, 0) is 30.5 Å². The van der Waals surface area contributed by atoms with E-state index in [1.807, 2.05) is 24.4 Å². The third-order valence-corrected chi connectivity index (χ3v) is 7.00. The van der Waals surface area contributed by atoms with E-state index in [1.165, 1.54) is 17.3 Å². The van der Waals surface area contributed by atoms with Gasteiger partial charge in [-0.1, -0.05) is 43.8 Å². The molecule has 2 aromatic heterocycles. The van der Waals surface area contributed by atoms with Gasteiger partial charge >= 0.3 is 0 Å². The molecule has 0 fully saturated rings. The highest BCUT2D eigenvalue weighted by atomic mass is 32.2. The molecule has 2 N–H and O–H groups in total. The number of pyridine rings is 1. The number of nitriles is 1. The summed E-state index contributed by atoms with van der Waals surface area (Å²) in [5.41, 5.74) is 7.90. The first-order chi connectivity index (χ1) is 15.7. The number of hydrogen-bond donors (Lipinski definition) is 2. The maximum Gasteiger partial charge on any atom is 0.234 e. The van der Waals surface area contributed by atoms with Gasteiger partial charge in [0.05, 0.1) is 11.3 Å². The van der Waals surface area contributed by atoms with Gasteiger partial charge in [-0.3, -0.25) is 4.79 Å². The van der Waals surface area contributed by atoms with Gasteiger partial charge in [0.1, 0.15) is 11.1 Å². The standard InChI is InChI=1S/C26H28N4OS/c1-3-17-9-7-10-18(4-2)25(17)30-23(31)16-32-26-20(15-27)24(22-13-8-14-28-22)19-11-5-6-12-21(19)29-26/h7-10,13-14,28H,3-6,11-12,16H2,1-2H3,(H,30,31). The van der Waals surface area contributed by atoms with Crippen molar-refractivity contribution in [3.8, 4) is 17.3 Å². The fourth-order valence-corrected chi connectivity index (χ4v) is 5.23. The second-order valence-corrected chi connectivity index (χ2v) is 8.95. The molecule has 0 unspecified atom stereocenters. The number of H-pyrrole nitrogens is 1. The quantitative estimate of drug-likeness (QED) is 0.459. The van der Waals surface area contributed by atoms with Crippen LogP contribution in [0, 0.1) is 11.3 Å². The van der Waals surface area contributed by atoms with Crippen LogP contribution in [0.5, 0.6) is 0 Å². The Morgan fingerprint density at radius 1 is 1.16 bits per heavy atom. The normalized spacial score (nSPS) is 12.8. The molecule has 3 aromatic rings. The molecule has 32 heavy (non-hydrogen) atoms. The molecule has 164 valence electrons. The minimum Gasteiger partial charge on any atom is -0.361 e. The predicted molar refractivity (Wildman–Crippen MR) is 130 cm³/mol. The zero-order valence-electron chi connectivity index (χ0n) is 18.6. The number of amides is 1. The highest BCUT2D eigenvalue weighted by Gasteiger charge is 2.24. The van der Waals surface area contributed by atoms with E-state index >= 15 is 0 Å². The number of fused-ring (bicyclic) bond motifs is 1. The number of nitrogens with one attached hydrogen (secondary N) is 2. The van der Waals surface area contributed by atoms with E-state index in [0.717, 1.165) is 72.3 Å². The first-order valence-corrected chi connectivity index (χ1v) is 12.3. The maximum atomic E-state index is 12.9. The van der Waals surface area contributed by atoms with Crippen molar-refractivity contribution in [3.63, 3.8) is 0 Å². The van der Waals surface area contributed by atoms with Crippen molar-refractivity contribution in [1.82, 2.24) is 9.97 Å². The number of rotatable bonds is 7. The average molecular weight is 445 g/mol. The second kappa shape index (κ2) is 10.1. The molecule has 0 spiro atoms. The van der Waals surface area contributed by atoms with Gasteiger partial charge in [-0.05, 0) is 67.3 Å². The lowest BCUT2D eigenvalue weighted by atomic mass is 9.89. The van der Waals surface area contributed by atoms with Gasteiger partial charge < -0.3 is 10.3 Å². The van der Waals surface area contributed by atoms with Gasteiger partial charge in [-0.25, -0.2) is 4.98 Å². The summed E-state index contributed by atoms with van der Waals surface area (Å²) in [4.78, 5) is 21.0. The molecule has 0 aliphatic heterocycles. The molecule has 5 nitrogen and oxygen atoms in total. The fourth-order valence-electron chi connectivity index (χ4n) is 4.42. The number of hydrogen-bond acceptors (Lipinski definition) is 4. The van der Waals surface area contributed by atoms with Crippen LogP contribution < -0.4 is 5.32 Å². The Labute approximate surface area is 193 Å². The van der Waals surface area contributed by atoms with E-state index in [-0.39, 0.29) is 11.7 Å². The van der Waals surface area contributed by atoms with Gasteiger partial charge in [0, 0.05) is 28.8 Å². The summed E-state index contributed by atoms with van der Waals surface area (Å²) < 4.78 is 0. The molecule has 1 aliphatic rings. The van der Waals surface area contributed by atoms with Crippen LogP contribution in [0.3, 0.4) is 0 Å². The molecular weight excluding hydrogens is 416 g/mol. The summed E-state index contributed by atoms with van der Waals surface area (Å²) in [6.07, 6.45) is 7.67. The molecule has 6 heteroatoms. The molecule has 0 saturated heterocycles. The average Bonchev–Trinajstić information content (AvgIpc) is 3.36. The molecule has 1 amide bonds. The van der Waals surface area contributed by atoms with Crippen molar-refractivity contribution in [2.24, 2.45) is 0 Å². The van der Waals surface area contributed by atoms with Crippen LogP contribution in [0.1, 0.15) is 54.6 Å². The van der Waals surface area contributed by atoms with Crippen molar-refractivity contribution >= 4 is 23.4 Å². The lowest BCUT2D eigenvalue weighted by Crippen LogP contribution is -2.17. The number of thioether (sulfide) groups is 1. The molecule has 0 atom stereocenters. The number of anilines is 1. The molecule has 1 aliphatic carbocycles. The SMILES string of the molecule is CCc1cccc(CC)c1NC(=O)CSc1nc2c(c(-c3ccc[nH]3)c1C#N)CCCC2. The molecule has 4 rings (SSSR count). The molecule has 2 heterocycles. The summed E-state index contributed by atoms with van der Waals surface area (Å²) in [7, 11) is 0. The van der Waals surface area contributed by atoms with E-state index in [9.17, 15) is 10.1 Å². The first kappa shape index (κ1) is 22.2. The third-order valence-electron chi connectivity index (χ3n) is 6.02. The molecule has 0 radical (unpaired) electrons. The van der Waals surface area contributed by atoms with Crippen molar-refractivity contribution in [1.29, 1.82) is 5.26 Å². The second-order valence-electron chi connectivity index (χ2n) is 7.99. The minimum absolute atomic E-state index is 0.0737. The van der Waals surface area contributed by atoms with E-state index in [0.29, 0.717) is 10.6 Å². The summed E-state index contributed by atoms with van der Waals surface area (Å²) in [6.45, 7) is 4.19. The Kier molecular flexibility index (Phi) is 6.96. The Morgan fingerprint density at radius 2 is 1.91 bits per heavy atom.